The van der Waals surface area contributed by atoms with Crippen molar-refractivity contribution in [1.29, 1.82) is 0 Å². The lowest BCUT2D eigenvalue weighted by molar-refractivity contribution is -0.0505. The summed E-state index contributed by atoms with van der Waals surface area (Å²) in [7, 11) is 1.58. The lowest BCUT2D eigenvalue weighted by Crippen LogP contribution is -2.36. The van der Waals surface area contributed by atoms with E-state index in [2.05, 4.69) is 20.4 Å². The van der Waals surface area contributed by atoms with Crippen molar-refractivity contribution in [1.82, 2.24) is 10.6 Å². The number of alkyl halides is 2. The number of halogens is 3. The molecular weight excluding hydrogens is 363 g/mol. The molecule has 0 radical (unpaired) electrons. The first-order chi connectivity index (χ1) is 13.0. The maximum Gasteiger partial charge on any atom is 0.387 e. The highest BCUT2D eigenvalue weighted by Crippen LogP contribution is 2.38. The molecule has 144 valence electrons. The maximum absolute atomic E-state index is 12.9. The number of hydrogen-bond donors (Lipinski definition) is 2. The van der Waals surface area contributed by atoms with Gasteiger partial charge in [0.25, 0.3) is 0 Å². The molecule has 0 atom stereocenters. The van der Waals surface area contributed by atoms with Crippen molar-refractivity contribution in [2.75, 3.05) is 13.8 Å². The minimum absolute atomic E-state index is 0.00395. The standard InChI is InChI=1S/C18H18F3N3O3/c1-22-18(23-8-11-2-4-13(19)5-3-11)24-9-12-6-15-16(26-10-25-15)7-14(12)27-17(20)21/h2-7,17H,8-10H2,1H3,(H2,22,23,24). The molecule has 0 amide bonds. The SMILES string of the molecule is CN=C(NCc1ccc(F)cc1)NCc1cc2c(cc1OC(F)F)OCO2. The average molecular weight is 381 g/mol. The second kappa shape index (κ2) is 8.52. The summed E-state index contributed by atoms with van der Waals surface area (Å²) in [5, 5.41) is 6.08. The molecule has 0 aromatic heterocycles. The molecule has 0 saturated carbocycles. The van der Waals surface area contributed by atoms with Crippen molar-refractivity contribution >= 4 is 5.96 Å². The molecule has 2 N–H and O–H groups in total. The normalized spacial score (nSPS) is 13.0. The van der Waals surface area contributed by atoms with Crippen LogP contribution in [0.2, 0.25) is 0 Å². The lowest BCUT2D eigenvalue weighted by Gasteiger charge is -2.15. The summed E-state index contributed by atoms with van der Waals surface area (Å²) < 4.78 is 53.3. The highest BCUT2D eigenvalue weighted by Gasteiger charge is 2.20. The van der Waals surface area contributed by atoms with Gasteiger partial charge in [-0.25, -0.2) is 4.39 Å². The van der Waals surface area contributed by atoms with E-state index in [9.17, 15) is 13.2 Å². The smallest absolute Gasteiger partial charge is 0.387 e. The fourth-order valence-corrected chi connectivity index (χ4v) is 2.50. The van der Waals surface area contributed by atoms with Crippen LogP contribution in [-0.2, 0) is 13.1 Å². The van der Waals surface area contributed by atoms with Crippen molar-refractivity contribution in [3.05, 3.63) is 53.3 Å². The zero-order chi connectivity index (χ0) is 19.2. The van der Waals surface area contributed by atoms with E-state index in [1.165, 1.54) is 18.2 Å². The Labute approximate surface area is 154 Å². The lowest BCUT2D eigenvalue weighted by atomic mass is 10.1. The van der Waals surface area contributed by atoms with E-state index in [1.807, 2.05) is 0 Å². The molecule has 9 heteroatoms. The number of ether oxygens (including phenoxy) is 3. The van der Waals surface area contributed by atoms with Gasteiger partial charge in [-0.3, -0.25) is 4.99 Å². The van der Waals surface area contributed by atoms with Crippen LogP contribution in [-0.4, -0.2) is 26.4 Å². The Kier molecular flexibility index (Phi) is 5.90. The summed E-state index contributed by atoms with van der Waals surface area (Å²) in [6.07, 6.45) is 0. The third kappa shape index (κ3) is 4.96. The molecule has 0 aliphatic carbocycles. The topological polar surface area (TPSA) is 64.1 Å². The number of nitrogens with one attached hydrogen (secondary N) is 2. The number of fused-ring (bicyclic) bond motifs is 1. The van der Waals surface area contributed by atoms with E-state index < -0.39 is 6.61 Å². The first-order valence-corrected chi connectivity index (χ1v) is 8.11. The van der Waals surface area contributed by atoms with Crippen molar-refractivity contribution < 1.29 is 27.4 Å². The summed E-state index contributed by atoms with van der Waals surface area (Å²) in [5.41, 5.74) is 1.33. The molecule has 2 aromatic carbocycles. The molecule has 0 saturated heterocycles. The molecule has 3 rings (SSSR count). The van der Waals surface area contributed by atoms with Crippen LogP contribution in [0.25, 0.3) is 0 Å². The zero-order valence-corrected chi connectivity index (χ0v) is 14.5. The minimum Gasteiger partial charge on any atom is -0.454 e. The number of aliphatic imine (C=N–C) groups is 1. The molecule has 0 fully saturated rings. The summed E-state index contributed by atoms with van der Waals surface area (Å²) in [4.78, 5) is 4.07. The largest absolute Gasteiger partial charge is 0.454 e. The predicted molar refractivity (Wildman–Crippen MR) is 92.6 cm³/mol. The monoisotopic (exact) mass is 381 g/mol. The van der Waals surface area contributed by atoms with Gasteiger partial charge in [0.15, 0.2) is 17.5 Å². The van der Waals surface area contributed by atoms with Crippen LogP contribution < -0.4 is 24.8 Å². The molecule has 1 aliphatic rings. The number of hydrogen-bond acceptors (Lipinski definition) is 4. The van der Waals surface area contributed by atoms with E-state index in [0.717, 1.165) is 5.56 Å². The van der Waals surface area contributed by atoms with Gasteiger partial charge in [0.1, 0.15) is 11.6 Å². The van der Waals surface area contributed by atoms with E-state index in [4.69, 9.17) is 9.47 Å². The van der Waals surface area contributed by atoms with Crippen molar-refractivity contribution in [2.24, 2.45) is 4.99 Å². The zero-order valence-electron chi connectivity index (χ0n) is 14.5. The quantitative estimate of drug-likeness (QED) is 0.595. The number of rotatable bonds is 6. The molecular formula is C18H18F3N3O3. The third-order valence-electron chi connectivity index (χ3n) is 3.81. The van der Waals surface area contributed by atoms with Gasteiger partial charge >= 0.3 is 6.61 Å². The van der Waals surface area contributed by atoms with Crippen LogP contribution >= 0.6 is 0 Å². The van der Waals surface area contributed by atoms with Crippen molar-refractivity contribution in [2.45, 2.75) is 19.7 Å². The average Bonchev–Trinajstić information content (AvgIpc) is 3.10. The number of guanidine groups is 1. The summed E-state index contributed by atoms with van der Waals surface area (Å²) in [5.74, 6) is 0.947. The molecule has 0 unspecified atom stereocenters. The van der Waals surface area contributed by atoms with Crippen molar-refractivity contribution in [3.8, 4) is 17.2 Å². The second-order valence-corrected chi connectivity index (χ2v) is 5.60. The number of benzene rings is 2. The molecule has 0 spiro atoms. The number of nitrogens with zero attached hydrogens (tertiary/aromatic N) is 1. The van der Waals surface area contributed by atoms with E-state index in [0.29, 0.717) is 29.6 Å². The van der Waals surface area contributed by atoms with E-state index >= 15 is 0 Å². The fraction of sp³-hybridized carbons (Fsp3) is 0.278. The Morgan fingerprint density at radius 3 is 2.44 bits per heavy atom. The highest BCUT2D eigenvalue weighted by atomic mass is 19.3. The Hall–Kier alpha value is -3.10. The Bertz CT molecular complexity index is 813. The molecule has 0 bridgehead atoms. The Balaban J connectivity index is 1.64. The first-order valence-electron chi connectivity index (χ1n) is 8.11. The van der Waals surface area contributed by atoms with Crippen LogP contribution in [0.15, 0.2) is 41.4 Å². The third-order valence-corrected chi connectivity index (χ3v) is 3.81. The fourth-order valence-electron chi connectivity index (χ4n) is 2.50. The molecule has 1 aliphatic heterocycles. The van der Waals surface area contributed by atoms with Gasteiger partial charge in [-0.15, -0.1) is 0 Å². The van der Waals surface area contributed by atoms with Crippen molar-refractivity contribution in [3.63, 3.8) is 0 Å². The van der Waals surface area contributed by atoms with Gasteiger partial charge in [-0.05, 0) is 23.8 Å². The molecule has 6 nitrogen and oxygen atoms in total. The Morgan fingerprint density at radius 2 is 1.78 bits per heavy atom. The van der Waals surface area contributed by atoms with Gasteiger partial charge < -0.3 is 24.8 Å². The van der Waals surface area contributed by atoms with Crippen LogP contribution in [0.1, 0.15) is 11.1 Å². The first kappa shape index (κ1) is 18.7. The van der Waals surface area contributed by atoms with Crippen LogP contribution in [0.3, 0.4) is 0 Å². The maximum atomic E-state index is 12.9. The van der Waals surface area contributed by atoms with Gasteiger partial charge in [-0.1, -0.05) is 12.1 Å². The second-order valence-electron chi connectivity index (χ2n) is 5.60. The van der Waals surface area contributed by atoms with Gasteiger partial charge in [0.05, 0.1) is 0 Å². The minimum atomic E-state index is -2.96. The van der Waals surface area contributed by atoms with Gasteiger partial charge in [0.2, 0.25) is 6.79 Å². The molecule has 27 heavy (non-hydrogen) atoms. The van der Waals surface area contributed by atoms with Gasteiger partial charge in [0, 0.05) is 31.8 Å². The Morgan fingerprint density at radius 1 is 1.11 bits per heavy atom. The van der Waals surface area contributed by atoms with Crippen LogP contribution in [0.5, 0.6) is 17.2 Å². The van der Waals surface area contributed by atoms with Gasteiger partial charge in [-0.2, -0.15) is 8.78 Å². The predicted octanol–water partition coefficient (Wildman–Crippen LogP) is 3.02. The van der Waals surface area contributed by atoms with E-state index in [1.54, 1.807) is 25.2 Å². The summed E-state index contributed by atoms with van der Waals surface area (Å²) >= 11 is 0. The van der Waals surface area contributed by atoms with E-state index in [-0.39, 0.29) is 24.9 Å². The highest BCUT2D eigenvalue weighted by molar-refractivity contribution is 5.79. The molecule has 1 heterocycles. The van der Waals surface area contributed by atoms with Crippen LogP contribution in [0, 0.1) is 5.82 Å². The summed E-state index contributed by atoms with van der Waals surface area (Å²) in [6.45, 7) is -2.34. The summed E-state index contributed by atoms with van der Waals surface area (Å²) in [6, 6.07) is 9.01. The molecule has 2 aromatic rings. The van der Waals surface area contributed by atoms with Crippen LogP contribution in [0.4, 0.5) is 13.2 Å².